The monoisotopic (exact) mass is 328 g/mol. The summed E-state index contributed by atoms with van der Waals surface area (Å²) in [4.78, 5) is 14.4. The molecule has 0 saturated heterocycles. The molecule has 0 aliphatic heterocycles. The van der Waals surface area contributed by atoms with Crippen LogP contribution in [0, 0.1) is 11.7 Å². The van der Waals surface area contributed by atoms with Gasteiger partial charge in [0.2, 0.25) is 0 Å². The lowest BCUT2D eigenvalue weighted by atomic mass is 9.96. The number of halogens is 1. The predicted molar refractivity (Wildman–Crippen MR) is 95.0 cm³/mol. The summed E-state index contributed by atoms with van der Waals surface area (Å²) in [5, 5.41) is 3.11. The molecule has 0 fully saturated rings. The fraction of sp³-hybridized carbons (Fsp3) is 0.350. The minimum Gasteiger partial charge on any atom is -0.331 e. The highest BCUT2D eigenvalue weighted by Crippen LogP contribution is 2.22. The Morgan fingerprint density at radius 1 is 1.12 bits per heavy atom. The molecule has 0 spiro atoms. The lowest BCUT2D eigenvalue weighted by Crippen LogP contribution is -2.42. The number of carbonyl (C=O) groups excluding carboxylic acids is 1. The molecule has 0 radical (unpaired) electrons. The molecule has 2 amide bonds. The predicted octanol–water partition coefficient (Wildman–Crippen LogP) is 4.75. The highest BCUT2D eigenvalue weighted by molar-refractivity contribution is 5.74. The van der Waals surface area contributed by atoms with Gasteiger partial charge in [0.1, 0.15) is 5.82 Å². The van der Waals surface area contributed by atoms with Crippen LogP contribution in [-0.2, 0) is 6.54 Å². The first-order valence-electron chi connectivity index (χ1n) is 8.36. The maximum atomic E-state index is 13.3. The molecular formula is C20H25FN2O. The Bertz CT molecular complexity index is 658. The van der Waals surface area contributed by atoms with Crippen LogP contribution in [0.4, 0.5) is 9.18 Å². The number of carbonyl (C=O) groups is 1. The maximum Gasteiger partial charge on any atom is 0.318 e. The summed E-state index contributed by atoms with van der Waals surface area (Å²) in [6, 6.07) is 16.1. The van der Waals surface area contributed by atoms with Crippen molar-refractivity contribution >= 4 is 6.03 Å². The molecule has 0 saturated carbocycles. The zero-order valence-corrected chi connectivity index (χ0v) is 14.5. The van der Waals surface area contributed by atoms with Crippen molar-refractivity contribution in [1.29, 1.82) is 0 Å². The normalized spacial score (nSPS) is 12.0. The van der Waals surface area contributed by atoms with Crippen molar-refractivity contribution < 1.29 is 9.18 Å². The lowest BCUT2D eigenvalue weighted by molar-refractivity contribution is 0.190. The van der Waals surface area contributed by atoms with Gasteiger partial charge in [-0.05, 0) is 36.1 Å². The molecule has 24 heavy (non-hydrogen) atoms. The third-order valence-electron chi connectivity index (χ3n) is 4.04. The standard InChI is InChI=1S/C20H25FN2O/c1-4-23(14-16-9-8-12-18(21)13-16)20(24)22-19(15(2)3)17-10-6-5-7-11-17/h5-13,15,19H,4,14H2,1-3H3,(H,22,24). The first kappa shape index (κ1) is 18.0. The van der Waals surface area contributed by atoms with Gasteiger partial charge in [0.15, 0.2) is 0 Å². The van der Waals surface area contributed by atoms with Crippen molar-refractivity contribution in [3.8, 4) is 0 Å². The average Bonchev–Trinajstić information content (AvgIpc) is 2.58. The first-order chi connectivity index (χ1) is 11.5. The zero-order valence-electron chi connectivity index (χ0n) is 14.5. The van der Waals surface area contributed by atoms with Crippen LogP contribution in [0.3, 0.4) is 0 Å². The Morgan fingerprint density at radius 2 is 1.83 bits per heavy atom. The maximum absolute atomic E-state index is 13.3. The van der Waals surface area contributed by atoms with Crippen LogP contribution in [0.1, 0.15) is 37.9 Å². The van der Waals surface area contributed by atoms with Gasteiger partial charge in [0.05, 0.1) is 6.04 Å². The summed E-state index contributed by atoms with van der Waals surface area (Å²) in [5.41, 5.74) is 1.87. The van der Waals surface area contributed by atoms with E-state index in [-0.39, 0.29) is 23.8 Å². The molecule has 0 bridgehead atoms. The molecule has 0 aliphatic rings. The van der Waals surface area contributed by atoms with E-state index in [1.807, 2.05) is 43.3 Å². The molecule has 1 N–H and O–H groups in total. The molecule has 3 nitrogen and oxygen atoms in total. The van der Waals surface area contributed by atoms with Gasteiger partial charge >= 0.3 is 6.03 Å². The third-order valence-corrected chi connectivity index (χ3v) is 4.04. The molecule has 2 aromatic carbocycles. The summed E-state index contributed by atoms with van der Waals surface area (Å²) in [6.07, 6.45) is 0. The van der Waals surface area contributed by atoms with Gasteiger partial charge in [-0.2, -0.15) is 0 Å². The van der Waals surface area contributed by atoms with Gasteiger partial charge in [0.25, 0.3) is 0 Å². The minimum absolute atomic E-state index is 0.0553. The number of benzene rings is 2. The van der Waals surface area contributed by atoms with E-state index in [9.17, 15) is 9.18 Å². The molecule has 0 aromatic heterocycles. The van der Waals surface area contributed by atoms with Gasteiger partial charge in [-0.3, -0.25) is 0 Å². The number of urea groups is 1. The van der Waals surface area contributed by atoms with Crippen molar-refractivity contribution in [3.63, 3.8) is 0 Å². The van der Waals surface area contributed by atoms with E-state index in [0.717, 1.165) is 11.1 Å². The van der Waals surface area contributed by atoms with Crippen LogP contribution >= 0.6 is 0 Å². The van der Waals surface area contributed by atoms with Crippen molar-refractivity contribution in [1.82, 2.24) is 10.2 Å². The first-order valence-corrected chi connectivity index (χ1v) is 8.36. The van der Waals surface area contributed by atoms with E-state index < -0.39 is 0 Å². The second kappa shape index (κ2) is 8.48. The number of hydrogen-bond acceptors (Lipinski definition) is 1. The Balaban J connectivity index is 2.09. The second-order valence-electron chi connectivity index (χ2n) is 6.23. The van der Waals surface area contributed by atoms with Crippen LogP contribution < -0.4 is 5.32 Å². The van der Waals surface area contributed by atoms with E-state index in [1.165, 1.54) is 12.1 Å². The van der Waals surface area contributed by atoms with E-state index in [1.54, 1.807) is 11.0 Å². The largest absolute Gasteiger partial charge is 0.331 e. The van der Waals surface area contributed by atoms with Crippen molar-refractivity contribution in [2.24, 2.45) is 5.92 Å². The Labute approximate surface area is 143 Å². The van der Waals surface area contributed by atoms with E-state index in [2.05, 4.69) is 19.2 Å². The number of amides is 2. The molecular weight excluding hydrogens is 303 g/mol. The van der Waals surface area contributed by atoms with E-state index in [4.69, 9.17) is 0 Å². The molecule has 4 heteroatoms. The van der Waals surface area contributed by atoms with E-state index >= 15 is 0 Å². The number of rotatable bonds is 6. The fourth-order valence-corrected chi connectivity index (χ4v) is 2.70. The molecule has 1 atom stereocenters. The third kappa shape index (κ3) is 4.82. The summed E-state index contributed by atoms with van der Waals surface area (Å²) >= 11 is 0. The average molecular weight is 328 g/mol. The topological polar surface area (TPSA) is 32.3 Å². The van der Waals surface area contributed by atoms with Gasteiger partial charge in [-0.15, -0.1) is 0 Å². The number of nitrogens with zero attached hydrogens (tertiary/aromatic N) is 1. The summed E-state index contributed by atoms with van der Waals surface area (Å²) in [6.45, 7) is 7.04. The summed E-state index contributed by atoms with van der Waals surface area (Å²) in [7, 11) is 0. The molecule has 0 aliphatic carbocycles. The van der Waals surface area contributed by atoms with Gasteiger partial charge in [-0.1, -0.05) is 56.3 Å². The van der Waals surface area contributed by atoms with Crippen molar-refractivity contribution in [2.45, 2.75) is 33.4 Å². The van der Waals surface area contributed by atoms with Gasteiger partial charge < -0.3 is 10.2 Å². The molecule has 128 valence electrons. The smallest absolute Gasteiger partial charge is 0.318 e. The van der Waals surface area contributed by atoms with Crippen LogP contribution in [0.5, 0.6) is 0 Å². The van der Waals surface area contributed by atoms with Crippen LogP contribution in [0.15, 0.2) is 54.6 Å². The van der Waals surface area contributed by atoms with Crippen molar-refractivity contribution in [3.05, 3.63) is 71.5 Å². The summed E-state index contributed by atoms with van der Waals surface area (Å²) in [5.74, 6) is -0.0162. The van der Waals surface area contributed by atoms with Crippen molar-refractivity contribution in [2.75, 3.05) is 6.54 Å². The zero-order chi connectivity index (χ0) is 17.5. The van der Waals surface area contributed by atoms with Gasteiger partial charge in [0, 0.05) is 13.1 Å². The summed E-state index contributed by atoms with van der Waals surface area (Å²) < 4.78 is 13.3. The fourth-order valence-electron chi connectivity index (χ4n) is 2.70. The quantitative estimate of drug-likeness (QED) is 0.815. The Hall–Kier alpha value is -2.36. The highest BCUT2D eigenvalue weighted by Gasteiger charge is 2.21. The number of nitrogens with one attached hydrogen (secondary N) is 1. The minimum atomic E-state index is -0.284. The highest BCUT2D eigenvalue weighted by atomic mass is 19.1. The second-order valence-corrected chi connectivity index (χ2v) is 6.23. The van der Waals surface area contributed by atoms with Crippen LogP contribution in [0.25, 0.3) is 0 Å². The molecule has 2 aromatic rings. The Kier molecular flexibility index (Phi) is 6.36. The molecule has 0 heterocycles. The SMILES string of the molecule is CCN(Cc1cccc(F)c1)C(=O)NC(c1ccccc1)C(C)C. The Morgan fingerprint density at radius 3 is 2.42 bits per heavy atom. The molecule has 2 rings (SSSR count). The van der Waals surface area contributed by atoms with E-state index in [0.29, 0.717) is 13.1 Å². The van der Waals surface area contributed by atoms with Crippen LogP contribution in [0.2, 0.25) is 0 Å². The van der Waals surface area contributed by atoms with Crippen LogP contribution in [-0.4, -0.2) is 17.5 Å². The lowest BCUT2D eigenvalue weighted by Gasteiger charge is -2.28. The van der Waals surface area contributed by atoms with Gasteiger partial charge in [-0.25, -0.2) is 9.18 Å². The number of hydrogen-bond donors (Lipinski definition) is 1. The molecule has 1 unspecified atom stereocenters.